The standard InChI is InChI=1S/C23H22ClN3O4S/c1-31-18-9-11-19(12-10-18)32(29,30)27-14-4-5-16-15-17(8-13-22(16)27)25-23(28)26-21-7-3-2-6-20(21)24/h2-3,6-13,15H,4-5,14H2,1H3,(H2,25,26,28). The van der Waals surface area contributed by atoms with Gasteiger partial charge in [-0.3, -0.25) is 4.31 Å². The number of nitrogens with one attached hydrogen (secondary N) is 2. The van der Waals surface area contributed by atoms with E-state index in [0.717, 1.165) is 5.56 Å². The van der Waals surface area contributed by atoms with Crippen LogP contribution in [0.5, 0.6) is 5.75 Å². The number of hydrogen-bond donors (Lipinski definition) is 2. The SMILES string of the molecule is COc1ccc(S(=O)(=O)N2CCCc3cc(NC(=O)Nc4ccccc4Cl)ccc32)cc1. The first-order valence-corrected chi connectivity index (χ1v) is 11.8. The average molecular weight is 472 g/mol. The van der Waals surface area contributed by atoms with Gasteiger partial charge in [0.15, 0.2) is 0 Å². The minimum absolute atomic E-state index is 0.201. The Morgan fingerprint density at radius 3 is 2.50 bits per heavy atom. The number of anilines is 3. The molecule has 0 radical (unpaired) electrons. The van der Waals surface area contributed by atoms with Crippen molar-refractivity contribution in [3.63, 3.8) is 0 Å². The van der Waals surface area contributed by atoms with Gasteiger partial charge in [0.25, 0.3) is 10.0 Å². The van der Waals surface area contributed by atoms with Gasteiger partial charge in [0.05, 0.1) is 28.4 Å². The molecule has 0 unspecified atom stereocenters. The minimum atomic E-state index is -3.72. The number of ether oxygens (including phenoxy) is 1. The molecule has 7 nitrogen and oxygen atoms in total. The molecular weight excluding hydrogens is 450 g/mol. The molecule has 0 saturated heterocycles. The molecule has 166 valence electrons. The maximum Gasteiger partial charge on any atom is 0.323 e. The molecule has 0 saturated carbocycles. The summed E-state index contributed by atoms with van der Waals surface area (Å²) in [6.45, 7) is 0.390. The Kier molecular flexibility index (Phi) is 6.25. The number of urea groups is 1. The quantitative estimate of drug-likeness (QED) is 0.539. The number of para-hydroxylation sites is 1. The van der Waals surface area contributed by atoms with Crippen LogP contribution in [0.4, 0.5) is 21.9 Å². The molecular formula is C23H22ClN3O4S. The Hall–Kier alpha value is -3.23. The number of halogens is 1. The number of methoxy groups -OCH3 is 1. The number of aryl methyl sites for hydroxylation is 1. The molecule has 0 aromatic heterocycles. The highest BCUT2D eigenvalue weighted by Gasteiger charge is 2.29. The highest BCUT2D eigenvalue weighted by molar-refractivity contribution is 7.92. The van der Waals surface area contributed by atoms with Gasteiger partial charge < -0.3 is 15.4 Å². The lowest BCUT2D eigenvalue weighted by Gasteiger charge is -2.31. The molecule has 32 heavy (non-hydrogen) atoms. The van der Waals surface area contributed by atoms with Crippen molar-refractivity contribution < 1.29 is 17.9 Å². The molecule has 0 bridgehead atoms. The Morgan fingerprint density at radius 2 is 1.78 bits per heavy atom. The molecule has 1 heterocycles. The smallest absolute Gasteiger partial charge is 0.323 e. The molecule has 0 atom stereocenters. The first kappa shape index (κ1) is 22.0. The predicted molar refractivity (Wildman–Crippen MR) is 126 cm³/mol. The van der Waals surface area contributed by atoms with E-state index in [2.05, 4.69) is 10.6 Å². The van der Waals surface area contributed by atoms with Crippen LogP contribution in [0.1, 0.15) is 12.0 Å². The Balaban J connectivity index is 1.54. The lowest BCUT2D eigenvalue weighted by Crippen LogP contribution is -2.35. The fourth-order valence-corrected chi connectivity index (χ4v) is 5.34. The van der Waals surface area contributed by atoms with Gasteiger partial charge in [-0.15, -0.1) is 0 Å². The fraction of sp³-hybridized carbons (Fsp3) is 0.174. The van der Waals surface area contributed by atoms with Crippen molar-refractivity contribution in [2.24, 2.45) is 0 Å². The van der Waals surface area contributed by atoms with Crippen LogP contribution in [-0.2, 0) is 16.4 Å². The molecule has 1 aliphatic heterocycles. The van der Waals surface area contributed by atoms with E-state index in [-0.39, 0.29) is 4.90 Å². The van der Waals surface area contributed by atoms with Crippen LogP contribution in [-0.4, -0.2) is 28.1 Å². The van der Waals surface area contributed by atoms with E-state index in [1.54, 1.807) is 54.6 Å². The maximum absolute atomic E-state index is 13.2. The van der Waals surface area contributed by atoms with Crippen molar-refractivity contribution in [1.82, 2.24) is 0 Å². The number of nitrogens with zero attached hydrogens (tertiary/aromatic N) is 1. The summed E-state index contributed by atoms with van der Waals surface area (Å²) in [5.74, 6) is 0.591. The number of carbonyl (C=O) groups excluding carboxylic acids is 1. The molecule has 0 fully saturated rings. The second kappa shape index (κ2) is 9.10. The fourth-order valence-electron chi connectivity index (χ4n) is 3.61. The average Bonchev–Trinajstić information content (AvgIpc) is 2.80. The van der Waals surface area contributed by atoms with Gasteiger partial charge >= 0.3 is 6.03 Å². The third kappa shape index (κ3) is 4.51. The van der Waals surface area contributed by atoms with Crippen molar-refractivity contribution in [1.29, 1.82) is 0 Å². The van der Waals surface area contributed by atoms with Crippen LogP contribution in [0.25, 0.3) is 0 Å². The number of sulfonamides is 1. The summed E-state index contributed by atoms with van der Waals surface area (Å²) in [4.78, 5) is 12.6. The highest BCUT2D eigenvalue weighted by atomic mass is 35.5. The molecule has 3 aromatic rings. The second-order valence-electron chi connectivity index (χ2n) is 7.26. The lowest BCUT2D eigenvalue weighted by atomic mass is 10.0. The van der Waals surface area contributed by atoms with Gasteiger partial charge in [0.2, 0.25) is 0 Å². The Labute approximate surface area is 192 Å². The predicted octanol–water partition coefficient (Wildman–Crippen LogP) is 5.13. The molecule has 0 aliphatic carbocycles. The summed E-state index contributed by atoms with van der Waals surface area (Å²) in [6, 6.07) is 18.1. The number of fused-ring (bicyclic) bond motifs is 1. The van der Waals surface area contributed by atoms with Crippen LogP contribution in [0.2, 0.25) is 5.02 Å². The van der Waals surface area contributed by atoms with Crippen LogP contribution in [0, 0.1) is 0 Å². The number of benzene rings is 3. The lowest BCUT2D eigenvalue weighted by molar-refractivity contribution is 0.262. The molecule has 1 aliphatic rings. The molecule has 3 aromatic carbocycles. The van der Waals surface area contributed by atoms with Crippen molar-refractivity contribution >= 4 is 44.7 Å². The first-order valence-electron chi connectivity index (χ1n) is 10.0. The zero-order valence-electron chi connectivity index (χ0n) is 17.3. The number of rotatable bonds is 5. The van der Waals surface area contributed by atoms with Crippen molar-refractivity contribution in [3.05, 3.63) is 77.3 Å². The third-order valence-corrected chi connectivity index (χ3v) is 7.34. The topological polar surface area (TPSA) is 87.7 Å². The van der Waals surface area contributed by atoms with E-state index < -0.39 is 16.1 Å². The van der Waals surface area contributed by atoms with Crippen LogP contribution < -0.4 is 19.7 Å². The van der Waals surface area contributed by atoms with E-state index in [4.69, 9.17) is 16.3 Å². The molecule has 0 spiro atoms. The summed E-state index contributed by atoms with van der Waals surface area (Å²) >= 11 is 6.08. The molecule has 2 N–H and O–H groups in total. The summed E-state index contributed by atoms with van der Waals surface area (Å²) in [7, 11) is -2.19. The van der Waals surface area contributed by atoms with E-state index in [1.807, 2.05) is 0 Å². The van der Waals surface area contributed by atoms with Crippen molar-refractivity contribution in [2.45, 2.75) is 17.7 Å². The summed E-state index contributed by atoms with van der Waals surface area (Å²) in [5, 5.41) is 5.92. The third-order valence-electron chi connectivity index (χ3n) is 5.18. The van der Waals surface area contributed by atoms with Gasteiger partial charge in [-0.25, -0.2) is 13.2 Å². The molecule has 9 heteroatoms. The minimum Gasteiger partial charge on any atom is -0.497 e. The monoisotopic (exact) mass is 471 g/mol. The van der Waals surface area contributed by atoms with E-state index in [1.165, 1.54) is 23.5 Å². The van der Waals surface area contributed by atoms with Crippen LogP contribution in [0.3, 0.4) is 0 Å². The normalized spacial score (nSPS) is 13.2. The zero-order chi connectivity index (χ0) is 22.7. The Bertz CT molecular complexity index is 1250. The second-order valence-corrected chi connectivity index (χ2v) is 9.53. The number of amides is 2. The zero-order valence-corrected chi connectivity index (χ0v) is 18.9. The van der Waals surface area contributed by atoms with Crippen molar-refractivity contribution in [3.8, 4) is 5.75 Å². The van der Waals surface area contributed by atoms with Gasteiger partial charge in [-0.2, -0.15) is 0 Å². The first-order chi connectivity index (χ1) is 15.4. The molecule has 4 rings (SSSR count). The molecule has 2 amide bonds. The van der Waals surface area contributed by atoms with E-state index in [9.17, 15) is 13.2 Å². The van der Waals surface area contributed by atoms with Gasteiger partial charge in [-0.05, 0) is 73.0 Å². The van der Waals surface area contributed by atoms with E-state index in [0.29, 0.717) is 47.2 Å². The summed E-state index contributed by atoms with van der Waals surface area (Å²) in [6.07, 6.45) is 1.39. The van der Waals surface area contributed by atoms with Crippen LogP contribution in [0.15, 0.2) is 71.6 Å². The summed E-state index contributed by atoms with van der Waals surface area (Å²) in [5.41, 5.74) is 2.53. The van der Waals surface area contributed by atoms with Crippen LogP contribution >= 0.6 is 11.6 Å². The maximum atomic E-state index is 13.2. The van der Waals surface area contributed by atoms with Gasteiger partial charge in [0.1, 0.15) is 5.75 Å². The van der Waals surface area contributed by atoms with Gasteiger partial charge in [0, 0.05) is 12.2 Å². The summed E-state index contributed by atoms with van der Waals surface area (Å²) < 4.78 is 33.0. The largest absolute Gasteiger partial charge is 0.497 e. The van der Waals surface area contributed by atoms with E-state index >= 15 is 0 Å². The van der Waals surface area contributed by atoms with Crippen molar-refractivity contribution in [2.75, 3.05) is 28.6 Å². The Morgan fingerprint density at radius 1 is 1.03 bits per heavy atom. The number of hydrogen-bond acceptors (Lipinski definition) is 4. The van der Waals surface area contributed by atoms with Gasteiger partial charge in [-0.1, -0.05) is 23.7 Å². The highest BCUT2D eigenvalue weighted by Crippen LogP contribution is 2.34. The number of carbonyl (C=O) groups is 1.